The van der Waals surface area contributed by atoms with Gasteiger partial charge in [0.1, 0.15) is 6.61 Å². The van der Waals surface area contributed by atoms with Crippen LogP contribution in [0.2, 0.25) is 10.0 Å². The molecule has 1 aliphatic heterocycles. The van der Waals surface area contributed by atoms with E-state index in [4.69, 9.17) is 27.9 Å². The summed E-state index contributed by atoms with van der Waals surface area (Å²) in [5.41, 5.74) is 1.93. The normalized spacial score (nSPS) is 15.7. The third kappa shape index (κ3) is 5.17. The molecule has 2 aromatic rings. The van der Waals surface area contributed by atoms with Gasteiger partial charge in [-0.25, -0.2) is 0 Å². The van der Waals surface area contributed by atoms with Gasteiger partial charge in [0.15, 0.2) is 0 Å². The van der Waals surface area contributed by atoms with Gasteiger partial charge < -0.3 is 14.5 Å². The summed E-state index contributed by atoms with van der Waals surface area (Å²) in [6, 6.07) is 7.15. The van der Waals surface area contributed by atoms with Crippen molar-refractivity contribution in [1.82, 2.24) is 9.80 Å². The minimum Gasteiger partial charge on any atom is -0.375 e. The fraction of sp³-hybridized carbons (Fsp3) is 0.455. The molecule has 2 amide bonds. The van der Waals surface area contributed by atoms with Crippen LogP contribution in [0.5, 0.6) is 0 Å². The highest BCUT2D eigenvalue weighted by Gasteiger charge is 2.35. The van der Waals surface area contributed by atoms with Gasteiger partial charge in [-0.1, -0.05) is 42.6 Å². The molecule has 1 atom stereocenters. The number of hydrogen-bond acceptors (Lipinski definition) is 4. The minimum absolute atomic E-state index is 0.0296. The molecule has 2 heterocycles. The predicted molar refractivity (Wildman–Crippen MR) is 121 cm³/mol. The van der Waals surface area contributed by atoms with E-state index in [1.165, 1.54) is 12.0 Å². The van der Waals surface area contributed by atoms with Crippen LogP contribution in [0, 0.1) is 0 Å². The molecule has 5 nitrogen and oxygen atoms in total. The molecule has 1 aromatic carbocycles. The van der Waals surface area contributed by atoms with E-state index in [2.05, 4.69) is 13.0 Å². The maximum atomic E-state index is 13.4. The first-order valence-corrected chi connectivity index (χ1v) is 11.7. The maximum absolute atomic E-state index is 13.4. The highest BCUT2D eigenvalue weighted by molar-refractivity contribution is 7.10. The van der Waals surface area contributed by atoms with Crippen molar-refractivity contribution < 1.29 is 14.3 Å². The van der Waals surface area contributed by atoms with Crippen LogP contribution in [0.4, 0.5) is 0 Å². The number of fused-ring (bicyclic) bond motifs is 1. The van der Waals surface area contributed by atoms with Crippen LogP contribution < -0.4 is 0 Å². The number of unbranched alkanes of at least 4 members (excludes halogenated alkanes) is 1. The smallest absolute Gasteiger partial charge is 0.249 e. The second-order valence-corrected chi connectivity index (χ2v) is 9.15. The Labute approximate surface area is 191 Å². The van der Waals surface area contributed by atoms with Crippen molar-refractivity contribution in [2.75, 3.05) is 33.4 Å². The highest BCUT2D eigenvalue weighted by atomic mass is 35.5. The molecule has 1 unspecified atom stereocenters. The molecule has 0 spiro atoms. The van der Waals surface area contributed by atoms with E-state index in [0.29, 0.717) is 23.1 Å². The average molecular weight is 469 g/mol. The van der Waals surface area contributed by atoms with Gasteiger partial charge in [-0.15, -0.1) is 11.3 Å². The van der Waals surface area contributed by atoms with Crippen LogP contribution in [0.15, 0.2) is 29.6 Å². The summed E-state index contributed by atoms with van der Waals surface area (Å²) in [5, 5.41) is 3.13. The Hall–Kier alpha value is -1.60. The number of halogens is 2. The first kappa shape index (κ1) is 23.1. The van der Waals surface area contributed by atoms with Crippen LogP contribution in [0.25, 0.3) is 0 Å². The molecule has 1 aliphatic rings. The molecular formula is C22H26Cl2N2O3S. The van der Waals surface area contributed by atoms with Crippen LogP contribution in [0.1, 0.15) is 41.8 Å². The number of carbonyl (C=O) groups is 2. The number of thiophene rings is 1. The maximum Gasteiger partial charge on any atom is 0.249 e. The van der Waals surface area contributed by atoms with E-state index in [1.54, 1.807) is 28.4 Å². The summed E-state index contributed by atoms with van der Waals surface area (Å²) >= 11 is 14.3. The Kier molecular flexibility index (Phi) is 8.17. The molecule has 0 radical (unpaired) electrons. The summed E-state index contributed by atoms with van der Waals surface area (Å²) in [6.45, 7) is 3.17. The third-order valence-corrected chi connectivity index (χ3v) is 6.83. The third-order valence-electron chi connectivity index (χ3n) is 5.27. The SMILES string of the molecule is CCCCN(CC(=O)N1CCc2sccc2C1c1ccc(Cl)cc1Cl)C(=O)COC. The Morgan fingerprint density at radius 3 is 2.77 bits per heavy atom. The number of hydrogen-bond donors (Lipinski definition) is 0. The zero-order valence-electron chi connectivity index (χ0n) is 17.2. The van der Waals surface area contributed by atoms with E-state index < -0.39 is 0 Å². The lowest BCUT2D eigenvalue weighted by molar-refractivity contribution is -0.143. The lowest BCUT2D eigenvalue weighted by atomic mass is 9.93. The molecule has 30 heavy (non-hydrogen) atoms. The van der Waals surface area contributed by atoms with Crippen molar-refractivity contribution in [3.63, 3.8) is 0 Å². The van der Waals surface area contributed by atoms with Gasteiger partial charge in [0, 0.05) is 35.1 Å². The zero-order valence-corrected chi connectivity index (χ0v) is 19.5. The zero-order chi connectivity index (χ0) is 21.7. The topological polar surface area (TPSA) is 49.9 Å². The van der Waals surface area contributed by atoms with E-state index in [-0.39, 0.29) is 31.0 Å². The molecular weight excluding hydrogens is 443 g/mol. The second kappa shape index (κ2) is 10.6. The molecule has 3 rings (SSSR count). The highest BCUT2D eigenvalue weighted by Crippen LogP contribution is 2.41. The molecule has 0 fully saturated rings. The standard InChI is InChI=1S/C22H26Cl2N2O3S/c1-3-4-9-25(21(28)14-29-2)13-20(27)26-10-7-19-17(8-11-30-19)22(26)16-6-5-15(23)12-18(16)24/h5-6,8,11-12,22H,3-4,7,9-10,13-14H2,1-2H3. The largest absolute Gasteiger partial charge is 0.375 e. The van der Waals surface area contributed by atoms with Crippen LogP contribution in [-0.2, 0) is 20.7 Å². The Bertz CT molecular complexity index is 902. The Morgan fingerprint density at radius 2 is 2.07 bits per heavy atom. The first-order valence-electron chi connectivity index (χ1n) is 10.0. The van der Waals surface area contributed by atoms with Gasteiger partial charge in [0.2, 0.25) is 11.8 Å². The van der Waals surface area contributed by atoms with Crippen LogP contribution >= 0.6 is 34.5 Å². The lowest BCUT2D eigenvalue weighted by Crippen LogP contribution is -2.47. The van der Waals surface area contributed by atoms with Gasteiger partial charge >= 0.3 is 0 Å². The number of amides is 2. The van der Waals surface area contributed by atoms with Crippen LogP contribution in [-0.4, -0.2) is 55.0 Å². The predicted octanol–water partition coefficient (Wildman–Crippen LogP) is 4.80. The summed E-state index contributed by atoms with van der Waals surface area (Å²) in [4.78, 5) is 30.6. The molecule has 0 bridgehead atoms. The van der Waals surface area contributed by atoms with Gasteiger partial charge in [0.05, 0.1) is 12.6 Å². The van der Waals surface area contributed by atoms with Crippen molar-refractivity contribution in [2.45, 2.75) is 32.2 Å². The summed E-state index contributed by atoms with van der Waals surface area (Å²) in [5.74, 6) is -0.267. The quantitative estimate of drug-likeness (QED) is 0.558. The number of nitrogens with zero attached hydrogens (tertiary/aromatic N) is 2. The molecule has 0 saturated carbocycles. The molecule has 0 N–H and O–H groups in total. The fourth-order valence-electron chi connectivity index (χ4n) is 3.75. The molecule has 162 valence electrons. The second-order valence-electron chi connectivity index (χ2n) is 7.31. The first-order chi connectivity index (χ1) is 14.5. The van der Waals surface area contributed by atoms with Gasteiger partial charge in [-0.2, -0.15) is 0 Å². The molecule has 8 heteroatoms. The number of methoxy groups -OCH3 is 1. The minimum atomic E-state index is -0.289. The fourth-order valence-corrected chi connectivity index (χ4v) is 5.17. The van der Waals surface area contributed by atoms with E-state index in [0.717, 1.165) is 30.4 Å². The number of ether oxygens (including phenoxy) is 1. The van der Waals surface area contributed by atoms with Crippen LogP contribution in [0.3, 0.4) is 0 Å². The van der Waals surface area contributed by atoms with Crippen molar-refractivity contribution in [1.29, 1.82) is 0 Å². The molecule has 0 saturated heterocycles. The van der Waals surface area contributed by atoms with Crippen molar-refractivity contribution in [2.24, 2.45) is 0 Å². The summed E-state index contributed by atoms with van der Waals surface area (Å²) in [6.07, 6.45) is 2.57. The number of carbonyl (C=O) groups excluding carboxylic acids is 2. The van der Waals surface area contributed by atoms with Gasteiger partial charge in [0.25, 0.3) is 0 Å². The monoisotopic (exact) mass is 468 g/mol. The molecule has 1 aromatic heterocycles. The van der Waals surface area contributed by atoms with E-state index >= 15 is 0 Å². The Morgan fingerprint density at radius 1 is 1.27 bits per heavy atom. The van der Waals surface area contributed by atoms with Crippen molar-refractivity contribution >= 4 is 46.4 Å². The summed E-state index contributed by atoms with van der Waals surface area (Å²) < 4.78 is 5.00. The summed E-state index contributed by atoms with van der Waals surface area (Å²) in [7, 11) is 1.49. The van der Waals surface area contributed by atoms with Crippen molar-refractivity contribution in [3.05, 3.63) is 55.7 Å². The lowest BCUT2D eigenvalue weighted by Gasteiger charge is -2.38. The van der Waals surface area contributed by atoms with Gasteiger partial charge in [-0.05, 0) is 47.5 Å². The van der Waals surface area contributed by atoms with Gasteiger partial charge in [-0.3, -0.25) is 9.59 Å². The Balaban J connectivity index is 1.90. The average Bonchev–Trinajstić information content (AvgIpc) is 3.19. The number of rotatable bonds is 8. The van der Waals surface area contributed by atoms with E-state index in [1.807, 2.05) is 16.3 Å². The number of benzene rings is 1. The van der Waals surface area contributed by atoms with E-state index in [9.17, 15) is 9.59 Å². The molecule has 0 aliphatic carbocycles. The van der Waals surface area contributed by atoms with Crippen molar-refractivity contribution in [3.8, 4) is 0 Å².